The van der Waals surface area contributed by atoms with Crippen LogP contribution in [-0.2, 0) is 4.79 Å². The lowest BCUT2D eigenvalue weighted by atomic mass is 9.99. The van der Waals surface area contributed by atoms with E-state index in [1.165, 1.54) is 6.20 Å². The Hall–Kier alpha value is -1.09. The maximum Gasteiger partial charge on any atom is 0.311 e. The van der Waals surface area contributed by atoms with E-state index >= 15 is 0 Å². The SMILES string of the molecule is C[CH]C(C(=O)O)c1cccnc1Cl. The molecule has 0 amide bonds. The molecule has 0 aliphatic carbocycles. The smallest absolute Gasteiger partial charge is 0.311 e. The highest BCUT2D eigenvalue weighted by atomic mass is 35.5. The van der Waals surface area contributed by atoms with Gasteiger partial charge in [-0.15, -0.1) is 0 Å². The van der Waals surface area contributed by atoms with Gasteiger partial charge in [-0.1, -0.05) is 24.6 Å². The predicted octanol–water partition coefficient (Wildman–Crippen LogP) is 2.13. The minimum Gasteiger partial charge on any atom is -0.481 e. The zero-order chi connectivity index (χ0) is 9.84. The van der Waals surface area contributed by atoms with E-state index < -0.39 is 11.9 Å². The fraction of sp³-hybridized carbons (Fsp3) is 0.222. The van der Waals surface area contributed by atoms with Gasteiger partial charge >= 0.3 is 5.97 Å². The molecule has 1 heterocycles. The fourth-order valence-corrected chi connectivity index (χ4v) is 1.32. The number of hydrogen-bond donors (Lipinski definition) is 1. The molecule has 0 bridgehead atoms. The Morgan fingerprint density at radius 3 is 2.92 bits per heavy atom. The summed E-state index contributed by atoms with van der Waals surface area (Å²) in [6.45, 7) is 1.68. The lowest BCUT2D eigenvalue weighted by Crippen LogP contribution is -2.11. The third-order valence-electron chi connectivity index (χ3n) is 1.72. The number of carboxylic acid groups (broad SMARTS) is 1. The molecule has 0 spiro atoms. The van der Waals surface area contributed by atoms with Crippen molar-refractivity contribution in [3.8, 4) is 0 Å². The summed E-state index contributed by atoms with van der Waals surface area (Å²) >= 11 is 5.75. The van der Waals surface area contributed by atoms with Crippen LogP contribution in [0.3, 0.4) is 0 Å². The molecular formula is C9H9ClNO2. The quantitative estimate of drug-likeness (QED) is 0.757. The Labute approximate surface area is 81.4 Å². The summed E-state index contributed by atoms with van der Waals surface area (Å²) in [5, 5.41) is 9.08. The third-order valence-corrected chi connectivity index (χ3v) is 2.04. The largest absolute Gasteiger partial charge is 0.481 e. The highest BCUT2D eigenvalue weighted by Crippen LogP contribution is 2.24. The molecule has 0 saturated heterocycles. The first-order chi connectivity index (χ1) is 6.16. The summed E-state index contributed by atoms with van der Waals surface area (Å²) < 4.78 is 0. The molecule has 1 N–H and O–H groups in total. The number of hydrogen-bond acceptors (Lipinski definition) is 2. The predicted molar refractivity (Wildman–Crippen MR) is 49.6 cm³/mol. The van der Waals surface area contributed by atoms with E-state index in [-0.39, 0.29) is 5.15 Å². The topological polar surface area (TPSA) is 50.2 Å². The van der Waals surface area contributed by atoms with Crippen LogP contribution in [0, 0.1) is 6.42 Å². The van der Waals surface area contributed by atoms with Gasteiger partial charge in [-0.25, -0.2) is 4.98 Å². The van der Waals surface area contributed by atoms with Crippen molar-refractivity contribution in [2.24, 2.45) is 0 Å². The molecule has 0 aliphatic rings. The van der Waals surface area contributed by atoms with Gasteiger partial charge in [0.1, 0.15) is 5.15 Å². The minimum atomic E-state index is -0.919. The summed E-state index contributed by atoms with van der Waals surface area (Å²) in [6, 6.07) is 3.33. The molecule has 1 aromatic heterocycles. The molecular weight excluding hydrogens is 190 g/mol. The first-order valence-corrected chi connectivity index (χ1v) is 4.17. The van der Waals surface area contributed by atoms with Crippen LogP contribution in [0.15, 0.2) is 18.3 Å². The van der Waals surface area contributed by atoms with Gasteiger partial charge in [0, 0.05) is 11.8 Å². The van der Waals surface area contributed by atoms with Crippen LogP contribution in [0.25, 0.3) is 0 Å². The number of aromatic nitrogens is 1. The monoisotopic (exact) mass is 198 g/mol. The van der Waals surface area contributed by atoms with Crippen LogP contribution in [-0.4, -0.2) is 16.1 Å². The van der Waals surface area contributed by atoms with Crippen LogP contribution in [0.2, 0.25) is 5.15 Å². The van der Waals surface area contributed by atoms with Gasteiger partial charge in [0.15, 0.2) is 0 Å². The maximum absolute atomic E-state index is 10.8. The second-order valence-electron chi connectivity index (χ2n) is 2.53. The average Bonchev–Trinajstić information content (AvgIpc) is 2.09. The fourth-order valence-electron chi connectivity index (χ4n) is 1.09. The van der Waals surface area contributed by atoms with Crippen molar-refractivity contribution in [1.29, 1.82) is 0 Å². The average molecular weight is 199 g/mol. The van der Waals surface area contributed by atoms with Gasteiger partial charge in [-0.05, 0) is 12.5 Å². The highest BCUT2D eigenvalue weighted by Gasteiger charge is 2.20. The van der Waals surface area contributed by atoms with Gasteiger partial charge in [-0.2, -0.15) is 0 Å². The van der Waals surface area contributed by atoms with Crippen molar-refractivity contribution in [2.75, 3.05) is 0 Å². The molecule has 1 atom stereocenters. The van der Waals surface area contributed by atoms with Crippen LogP contribution in [0.4, 0.5) is 0 Å². The lowest BCUT2D eigenvalue weighted by molar-refractivity contribution is -0.137. The number of nitrogens with zero attached hydrogens (tertiary/aromatic N) is 1. The molecule has 3 nitrogen and oxygen atoms in total. The Morgan fingerprint density at radius 2 is 2.46 bits per heavy atom. The number of carboxylic acids is 1. The van der Waals surface area contributed by atoms with E-state index in [0.29, 0.717) is 5.56 Å². The number of carbonyl (C=O) groups is 1. The van der Waals surface area contributed by atoms with Crippen molar-refractivity contribution in [3.63, 3.8) is 0 Å². The Balaban J connectivity index is 3.04. The molecule has 13 heavy (non-hydrogen) atoms. The van der Waals surface area contributed by atoms with E-state index in [1.807, 2.05) is 0 Å². The zero-order valence-electron chi connectivity index (χ0n) is 7.07. The molecule has 1 unspecified atom stereocenters. The second-order valence-corrected chi connectivity index (χ2v) is 2.89. The molecule has 69 valence electrons. The number of aliphatic carboxylic acids is 1. The van der Waals surface area contributed by atoms with Crippen LogP contribution >= 0.6 is 11.6 Å². The van der Waals surface area contributed by atoms with Crippen LogP contribution < -0.4 is 0 Å². The van der Waals surface area contributed by atoms with Crippen molar-refractivity contribution >= 4 is 17.6 Å². The third kappa shape index (κ3) is 2.18. The van der Waals surface area contributed by atoms with E-state index in [0.717, 1.165) is 0 Å². The summed E-state index contributed by atoms with van der Waals surface area (Å²) in [5.74, 6) is -1.60. The second kappa shape index (κ2) is 4.23. The maximum atomic E-state index is 10.8. The van der Waals surface area contributed by atoms with Crippen molar-refractivity contribution in [1.82, 2.24) is 4.98 Å². The summed E-state index contributed by atoms with van der Waals surface area (Å²) in [4.78, 5) is 14.6. The molecule has 0 fully saturated rings. The number of pyridine rings is 1. The van der Waals surface area contributed by atoms with Gasteiger partial charge in [0.05, 0.1) is 5.92 Å². The molecule has 1 radical (unpaired) electrons. The van der Waals surface area contributed by atoms with Gasteiger partial charge in [-0.3, -0.25) is 4.79 Å². The summed E-state index contributed by atoms with van der Waals surface area (Å²) in [5.41, 5.74) is 0.527. The normalized spacial score (nSPS) is 12.5. The lowest BCUT2D eigenvalue weighted by Gasteiger charge is -2.09. The van der Waals surface area contributed by atoms with Crippen LogP contribution in [0.5, 0.6) is 0 Å². The van der Waals surface area contributed by atoms with Gasteiger partial charge in [0.2, 0.25) is 0 Å². The molecule has 4 heteroatoms. The first-order valence-electron chi connectivity index (χ1n) is 3.79. The number of halogens is 1. The van der Waals surface area contributed by atoms with Gasteiger partial charge < -0.3 is 5.11 Å². The van der Waals surface area contributed by atoms with Gasteiger partial charge in [0.25, 0.3) is 0 Å². The Morgan fingerprint density at radius 1 is 1.77 bits per heavy atom. The van der Waals surface area contributed by atoms with E-state index in [9.17, 15) is 4.79 Å². The molecule has 0 saturated carbocycles. The standard InChI is InChI=1S/C9H9ClNO2/c1-2-6(9(12)13)7-4-3-5-11-8(7)10/h2-6H,1H3,(H,12,13). The zero-order valence-corrected chi connectivity index (χ0v) is 7.82. The van der Waals surface area contributed by atoms with Crippen molar-refractivity contribution < 1.29 is 9.90 Å². The summed E-state index contributed by atoms with van der Waals surface area (Å²) in [7, 11) is 0. The van der Waals surface area contributed by atoms with Crippen LogP contribution in [0.1, 0.15) is 18.4 Å². The molecule has 0 aromatic carbocycles. The summed E-state index contributed by atoms with van der Waals surface area (Å²) in [6.07, 6.45) is 3.10. The Kier molecular flexibility index (Phi) is 3.25. The number of rotatable bonds is 3. The first kappa shape index (κ1) is 9.99. The minimum absolute atomic E-state index is 0.244. The Bertz CT molecular complexity index is 314. The molecule has 1 rings (SSSR count). The van der Waals surface area contributed by atoms with E-state index in [2.05, 4.69) is 4.98 Å². The van der Waals surface area contributed by atoms with E-state index in [4.69, 9.17) is 16.7 Å². The molecule has 0 aliphatic heterocycles. The van der Waals surface area contributed by atoms with Crippen molar-refractivity contribution in [3.05, 3.63) is 35.5 Å². The highest BCUT2D eigenvalue weighted by molar-refractivity contribution is 6.30. The van der Waals surface area contributed by atoms with E-state index in [1.54, 1.807) is 25.5 Å². The van der Waals surface area contributed by atoms with Crippen molar-refractivity contribution in [2.45, 2.75) is 12.8 Å². The molecule has 1 aromatic rings.